The lowest BCUT2D eigenvalue weighted by Crippen LogP contribution is -2.35. The molecule has 0 bridgehead atoms. The van der Waals surface area contributed by atoms with E-state index >= 15 is 0 Å². The topological polar surface area (TPSA) is 76.1 Å². The summed E-state index contributed by atoms with van der Waals surface area (Å²) in [5.74, 6) is -0.156. The number of carbonyl (C=O) groups is 1. The zero-order chi connectivity index (χ0) is 16.8. The summed E-state index contributed by atoms with van der Waals surface area (Å²) >= 11 is 3.41. The largest absolute Gasteiger partial charge is 0.383 e. The van der Waals surface area contributed by atoms with E-state index in [9.17, 15) is 4.79 Å². The molecule has 3 heterocycles. The Hall–Kier alpha value is -1.99. The summed E-state index contributed by atoms with van der Waals surface area (Å²) in [7, 11) is 0. The molecule has 0 radical (unpaired) electrons. The number of aromatic nitrogens is 2. The maximum atomic E-state index is 12.5. The lowest BCUT2D eigenvalue weighted by atomic mass is 9.95. The molecule has 2 aromatic heterocycles. The van der Waals surface area contributed by atoms with Gasteiger partial charge < -0.3 is 15.4 Å². The van der Waals surface area contributed by atoms with Crippen molar-refractivity contribution < 1.29 is 9.53 Å². The number of halogens is 1. The Labute approximate surface area is 149 Å². The fraction of sp³-hybridized carbons (Fsp3) is 0.353. The average Bonchev–Trinajstić information content (AvgIpc) is 3.09. The van der Waals surface area contributed by atoms with Gasteiger partial charge in [0.2, 0.25) is 5.91 Å². The van der Waals surface area contributed by atoms with Gasteiger partial charge in [0.05, 0.1) is 12.0 Å². The summed E-state index contributed by atoms with van der Waals surface area (Å²) in [6.45, 7) is 1.80. The number of hydrogen-bond donors (Lipinski definition) is 2. The Morgan fingerprint density at radius 3 is 2.88 bits per heavy atom. The molecule has 1 amide bonds. The molecule has 1 saturated heterocycles. The van der Waals surface area contributed by atoms with E-state index in [0.717, 1.165) is 22.1 Å². The van der Waals surface area contributed by atoms with Crippen molar-refractivity contribution in [2.45, 2.75) is 12.5 Å². The van der Waals surface area contributed by atoms with Crippen LogP contribution in [0, 0.1) is 5.92 Å². The molecule has 0 spiro atoms. The summed E-state index contributed by atoms with van der Waals surface area (Å²) in [5.41, 5.74) is 1.92. The van der Waals surface area contributed by atoms with Crippen molar-refractivity contribution in [1.29, 1.82) is 0 Å². The number of rotatable bonds is 6. The molecule has 0 aromatic carbocycles. The number of carbonyl (C=O) groups excluding carboxylic acids is 1. The zero-order valence-corrected chi connectivity index (χ0v) is 14.7. The molecule has 0 unspecified atom stereocenters. The Morgan fingerprint density at radius 1 is 1.25 bits per heavy atom. The number of pyridine rings is 2. The Bertz CT molecular complexity index is 683. The van der Waals surface area contributed by atoms with Crippen molar-refractivity contribution in [3.05, 3.63) is 53.0 Å². The summed E-state index contributed by atoms with van der Waals surface area (Å²) in [6, 6.07) is 5.74. The summed E-state index contributed by atoms with van der Waals surface area (Å²) in [6.07, 6.45) is 7.43. The zero-order valence-electron chi connectivity index (χ0n) is 13.1. The maximum Gasteiger partial charge on any atom is 0.226 e. The van der Waals surface area contributed by atoms with Crippen LogP contribution >= 0.6 is 15.9 Å². The Morgan fingerprint density at radius 2 is 2.08 bits per heavy atom. The van der Waals surface area contributed by atoms with E-state index in [2.05, 4.69) is 36.5 Å². The number of anilines is 1. The number of hydrogen-bond acceptors (Lipinski definition) is 5. The van der Waals surface area contributed by atoms with Gasteiger partial charge in [0.25, 0.3) is 0 Å². The molecule has 6 nitrogen and oxygen atoms in total. The lowest BCUT2D eigenvalue weighted by Gasteiger charge is -2.18. The van der Waals surface area contributed by atoms with Gasteiger partial charge in [-0.1, -0.05) is 0 Å². The van der Waals surface area contributed by atoms with Crippen LogP contribution < -0.4 is 10.6 Å². The highest BCUT2D eigenvalue weighted by Crippen LogP contribution is 2.35. The van der Waals surface area contributed by atoms with Gasteiger partial charge in [-0.3, -0.25) is 14.8 Å². The van der Waals surface area contributed by atoms with Crippen molar-refractivity contribution in [1.82, 2.24) is 15.3 Å². The number of nitrogens with one attached hydrogen (secondary N) is 2. The minimum Gasteiger partial charge on any atom is -0.383 e. The molecule has 0 aliphatic carbocycles. The second-order valence-electron chi connectivity index (χ2n) is 5.58. The van der Waals surface area contributed by atoms with E-state index in [1.807, 2.05) is 18.2 Å². The van der Waals surface area contributed by atoms with Crippen LogP contribution in [0.2, 0.25) is 0 Å². The van der Waals surface area contributed by atoms with E-state index < -0.39 is 0 Å². The lowest BCUT2D eigenvalue weighted by molar-refractivity contribution is -0.126. The molecule has 1 aliphatic heterocycles. The molecule has 7 heteroatoms. The van der Waals surface area contributed by atoms with Gasteiger partial charge in [-0.25, -0.2) is 0 Å². The summed E-state index contributed by atoms with van der Waals surface area (Å²) in [4.78, 5) is 20.6. The van der Waals surface area contributed by atoms with Crippen molar-refractivity contribution in [3.63, 3.8) is 0 Å². The minimum absolute atomic E-state index is 0.0222. The van der Waals surface area contributed by atoms with Crippen molar-refractivity contribution in [2.24, 2.45) is 5.92 Å². The monoisotopic (exact) mass is 390 g/mol. The van der Waals surface area contributed by atoms with E-state index in [4.69, 9.17) is 4.74 Å². The van der Waals surface area contributed by atoms with Gasteiger partial charge >= 0.3 is 0 Å². The first kappa shape index (κ1) is 16.9. The second-order valence-corrected chi connectivity index (χ2v) is 6.49. The molecule has 3 rings (SSSR count). The SMILES string of the molecule is O=C(NCCNc1ccncc1)[C@@H]1CCO[C@H]1c1cncc(Br)c1. The molecule has 1 aliphatic rings. The molecular formula is C17H19BrN4O2. The van der Waals surface area contributed by atoms with E-state index in [1.54, 1.807) is 24.8 Å². The molecule has 2 atom stereocenters. The predicted molar refractivity (Wildman–Crippen MR) is 94.5 cm³/mol. The van der Waals surface area contributed by atoms with E-state index in [1.165, 1.54) is 0 Å². The third kappa shape index (κ3) is 4.30. The Balaban J connectivity index is 1.50. The summed E-state index contributed by atoms with van der Waals surface area (Å²) in [5, 5.41) is 6.22. The first-order valence-electron chi connectivity index (χ1n) is 7.88. The number of amides is 1. The highest BCUT2D eigenvalue weighted by Gasteiger charge is 2.35. The average molecular weight is 391 g/mol. The molecule has 0 saturated carbocycles. The molecule has 1 fully saturated rings. The fourth-order valence-electron chi connectivity index (χ4n) is 2.76. The molecule has 126 valence electrons. The van der Waals surface area contributed by atoms with Gasteiger partial charge in [0.1, 0.15) is 0 Å². The van der Waals surface area contributed by atoms with Crippen molar-refractivity contribution in [3.8, 4) is 0 Å². The maximum absolute atomic E-state index is 12.5. The van der Waals surface area contributed by atoms with Crippen LogP contribution in [0.15, 0.2) is 47.5 Å². The quantitative estimate of drug-likeness (QED) is 0.741. The first-order chi connectivity index (χ1) is 11.7. The van der Waals surface area contributed by atoms with Gasteiger partial charge in [-0.2, -0.15) is 0 Å². The third-order valence-electron chi connectivity index (χ3n) is 3.92. The highest BCUT2D eigenvalue weighted by molar-refractivity contribution is 9.10. The predicted octanol–water partition coefficient (Wildman–Crippen LogP) is 2.54. The van der Waals surface area contributed by atoms with Crippen LogP contribution in [0.3, 0.4) is 0 Å². The standard InChI is InChI=1S/C17H19BrN4O2/c18-13-9-12(10-20-11-13)16-15(3-8-24-16)17(23)22-7-6-21-14-1-4-19-5-2-14/h1-2,4-5,9-11,15-16H,3,6-8H2,(H,19,21)(H,22,23)/t15-,16+/m1/s1. The normalized spacial score (nSPS) is 19.9. The van der Waals surface area contributed by atoms with Gasteiger partial charge in [-0.05, 0) is 40.5 Å². The van der Waals surface area contributed by atoms with Crippen LogP contribution in [0.4, 0.5) is 5.69 Å². The highest BCUT2D eigenvalue weighted by atomic mass is 79.9. The van der Waals surface area contributed by atoms with Crippen LogP contribution in [0.1, 0.15) is 18.1 Å². The third-order valence-corrected chi connectivity index (χ3v) is 4.35. The van der Waals surface area contributed by atoms with Crippen LogP contribution in [0.25, 0.3) is 0 Å². The molecule has 24 heavy (non-hydrogen) atoms. The van der Waals surface area contributed by atoms with Crippen molar-refractivity contribution in [2.75, 3.05) is 25.0 Å². The summed E-state index contributed by atoms with van der Waals surface area (Å²) < 4.78 is 6.64. The van der Waals surface area contributed by atoms with Gasteiger partial charge in [0, 0.05) is 60.2 Å². The van der Waals surface area contributed by atoms with Crippen LogP contribution in [-0.4, -0.2) is 35.6 Å². The van der Waals surface area contributed by atoms with Crippen LogP contribution in [0.5, 0.6) is 0 Å². The fourth-order valence-corrected chi connectivity index (χ4v) is 3.15. The molecule has 2 aromatic rings. The molecule has 2 N–H and O–H groups in total. The Kier molecular flexibility index (Phi) is 5.77. The van der Waals surface area contributed by atoms with Crippen molar-refractivity contribution >= 4 is 27.5 Å². The smallest absolute Gasteiger partial charge is 0.226 e. The van der Waals surface area contributed by atoms with Gasteiger partial charge in [0.15, 0.2) is 0 Å². The number of ether oxygens (including phenoxy) is 1. The first-order valence-corrected chi connectivity index (χ1v) is 8.67. The second kappa shape index (κ2) is 8.21. The van der Waals surface area contributed by atoms with Gasteiger partial charge in [-0.15, -0.1) is 0 Å². The minimum atomic E-state index is -0.233. The van der Waals surface area contributed by atoms with Crippen LogP contribution in [-0.2, 0) is 9.53 Å². The molecular weight excluding hydrogens is 372 g/mol. The van der Waals surface area contributed by atoms with E-state index in [0.29, 0.717) is 19.7 Å². The number of nitrogens with zero attached hydrogens (tertiary/aromatic N) is 2. The van der Waals surface area contributed by atoms with E-state index in [-0.39, 0.29) is 17.9 Å².